The average molecular weight is 346 g/mol. The molecule has 0 fully saturated rings. The predicted octanol–water partition coefficient (Wildman–Crippen LogP) is 5.77. The number of benzene rings is 4. The van der Waals surface area contributed by atoms with Crippen LogP contribution in [0.4, 0.5) is 5.69 Å². The van der Waals surface area contributed by atoms with Crippen molar-refractivity contribution >= 4 is 16.5 Å². The summed E-state index contributed by atoms with van der Waals surface area (Å²) >= 11 is 0. The third kappa shape index (κ3) is 3.71. The Morgan fingerprint density at radius 2 is 1.44 bits per heavy atom. The molecular formula is C26H20N. The molecule has 0 unspecified atom stereocenters. The summed E-state index contributed by atoms with van der Waals surface area (Å²) in [4.78, 5) is 2.17. The van der Waals surface area contributed by atoms with Crippen LogP contribution in [0.3, 0.4) is 0 Å². The molecule has 4 aromatic carbocycles. The van der Waals surface area contributed by atoms with Crippen LogP contribution in [-0.2, 0) is 0 Å². The van der Waals surface area contributed by atoms with E-state index in [4.69, 9.17) is 0 Å². The summed E-state index contributed by atoms with van der Waals surface area (Å²) in [6, 6.07) is 32.2. The highest BCUT2D eigenvalue weighted by Gasteiger charge is 2.08. The molecule has 0 N–H and O–H groups in total. The maximum Gasteiger partial charge on any atom is 0.0446 e. The molecule has 0 amide bonds. The van der Waals surface area contributed by atoms with Crippen molar-refractivity contribution in [2.75, 3.05) is 19.0 Å². The molecule has 0 aromatic heterocycles. The minimum Gasteiger partial charge on any atom is -0.377 e. The van der Waals surface area contributed by atoms with Crippen molar-refractivity contribution in [3.8, 4) is 23.0 Å². The van der Waals surface area contributed by atoms with E-state index in [9.17, 15) is 0 Å². The number of anilines is 1. The second-order valence-electron chi connectivity index (χ2n) is 6.73. The van der Waals surface area contributed by atoms with Gasteiger partial charge in [0, 0.05) is 36.3 Å². The summed E-state index contributed by atoms with van der Waals surface area (Å²) in [6.07, 6.45) is 0. The molecule has 1 heteroatoms. The number of hydrogen-bond acceptors (Lipinski definition) is 1. The van der Waals surface area contributed by atoms with Gasteiger partial charge in [0.05, 0.1) is 0 Å². The highest BCUT2D eigenvalue weighted by atomic mass is 15.1. The number of rotatable bonds is 2. The topological polar surface area (TPSA) is 3.24 Å². The molecule has 0 aliphatic rings. The Hall–Kier alpha value is -3.50. The quantitative estimate of drug-likeness (QED) is 0.416. The fraction of sp³-hybridized carbons (Fsp3) is 0.0769. The molecule has 27 heavy (non-hydrogen) atoms. The van der Waals surface area contributed by atoms with E-state index in [1.807, 2.05) is 30.3 Å². The van der Waals surface area contributed by atoms with Gasteiger partial charge in [0.2, 0.25) is 0 Å². The van der Waals surface area contributed by atoms with Gasteiger partial charge >= 0.3 is 0 Å². The summed E-state index contributed by atoms with van der Waals surface area (Å²) in [7, 11) is 4.17. The fourth-order valence-electron chi connectivity index (χ4n) is 3.21. The average Bonchev–Trinajstić information content (AvgIpc) is 2.72. The summed E-state index contributed by atoms with van der Waals surface area (Å²) in [5.41, 5.74) is 5.67. The van der Waals surface area contributed by atoms with E-state index in [0.29, 0.717) is 0 Å². The minimum atomic E-state index is 1.00. The Kier molecular flexibility index (Phi) is 4.64. The van der Waals surface area contributed by atoms with E-state index in [2.05, 4.69) is 91.5 Å². The van der Waals surface area contributed by atoms with Gasteiger partial charge in [0.15, 0.2) is 0 Å². The molecule has 0 bridgehead atoms. The molecule has 4 aromatic rings. The van der Waals surface area contributed by atoms with E-state index in [0.717, 1.165) is 11.1 Å². The molecule has 4 rings (SSSR count). The first-order valence-electron chi connectivity index (χ1n) is 8.99. The Labute approximate surface area is 160 Å². The first-order chi connectivity index (χ1) is 13.2. The third-order valence-corrected chi connectivity index (χ3v) is 4.59. The molecule has 1 radical (unpaired) electrons. The van der Waals surface area contributed by atoms with Crippen molar-refractivity contribution in [1.82, 2.24) is 0 Å². The van der Waals surface area contributed by atoms with E-state index >= 15 is 0 Å². The molecule has 129 valence electrons. The molecule has 0 spiro atoms. The lowest BCUT2D eigenvalue weighted by Gasteiger charge is -2.18. The van der Waals surface area contributed by atoms with Gasteiger partial charge in [-0.1, -0.05) is 60.4 Å². The smallest absolute Gasteiger partial charge is 0.0446 e. The van der Waals surface area contributed by atoms with Gasteiger partial charge in [-0.2, -0.15) is 0 Å². The second-order valence-corrected chi connectivity index (χ2v) is 6.73. The third-order valence-electron chi connectivity index (χ3n) is 4.59. The molecule has 0 saturated carbocycles. The van der Waals surface area contributed by atoms with Crippen molar-refractivity contribution in [1.29, 1.82) is 0 Å². The number of hydrogen-bond donors (Lipinski definition) is 0. The summed E-state index contributed by atoms with van der Waals surface area (Å²) < 4.78 is 0. The Morgan fingerprint density at radius 1 is 0.704 bits per heavy atom. The van der Waals surface area contributed by atoms with Crippen LogP contribution in [0.5, 0.6) is 0 Å². The monoisotopic (exact) mass is 346 g/mol. The predicted molar refractivity (Wildman–Crippen MR) is 115 cm³/mol. The molecule has 1 nitrogen and oxygen atoms in total. The number of fused-ring (bicyclic) bond motifs is 1. The van der Waals surface area contributed by atoms with Crippen LogP contribution in [0.2, 0.25) is 0 Å². The van der Waals surface area contributed by atoms with Gasteiger partial charge in [0.1, 0.15) is 0 Å². The summed E-state index contributed by atoms with van der Waals surface area (Å²) in [6.45, 7) is 0. The lowest BCUT2D eigenvalue weighted by Crippen LogP contribution is -2.09. The maximum atomic E-state index is 3.28. The van der Waals surface area contributed by atoms with Crippen LogP contribution in [0.1, 0.15) is 11.1 Å². The van der Waals surface area contributed by atoms with E-state index < -0.39 is 0 Å². The van der Waals surface area contributed by atoms with Crippen LogP contribution in [-0.4, -0.2) is 14.1 Å². The van der Waals surface area contributed by atoms with Crippen molar-refractivity contribution < 1.29 is 0 Å². The van der Waals surface area contributed by atoms with Crippen LogP contribution in [0.15, 0.2) is 84.9 Å². The molecular weight excluding hydrogens is 326 g/mol. The van der Waals surface area contributed by atoms with Gasteiger partial charge in [-0.05, 0) is 59.0 Å². The van der Waals surface area contributed by atoms with Crippen LogP contribution in [0.25, 0.3) is 21.9 Å². The highest BCUT2D eigenvalue weighted by Crippen LogP contribution is 2.33. The molecule has 0 atom stereocenters. The van der Waals surface area contributed by atoms with Crippen molar-refractivity contribution in [2.45, 2.75) is 0 Å². The van der Waals surface area contributed by atoms with Gasteiger partial charge in [0.25, 0.3) is 0 Å². The molecule has 0 saturated heterocycles. The summed E-state index contributed by atoms with van der Waals surface area (Å²) in [5, 5.41) is 2.44. The maximum absolute atomic E-state index is 3.28. The van der Waals surface area contributed by atoms with Crippen LogP contribution in [0, 0.1) is 17.9 Å². The van der Waals surface area contributed by atoms with E-state index in [1.54, 1.807) is 0 Å². The summed E-state index contributed by atoms with van der Waals surface area (Å²) in [5.74, 6) is 6.51. The largest absolute Gasteiger partial charge is 0.377 e. The lowest BCUT2D eigenvalue weighted by molar-refractivity contribution is 1.14. The van der Waals surface area contributed by atoms with E-state index in [-0.39, 0.29) is 0 Å². The zero-order valence-electron chi connectivity index (χ0n) is 15.5. The van der Waals surface area contributed by atoms with Crippen molar-refractivity contribution in [3.05, 3.63) is 102 Å². The van der Waals surface area contributed by atoms with Gasteiger partial charge < -0.3 is 4.90 Å². The fourth-order valence-corrected chi connectivity index (χ4v) is 3.21. The van der Waals surface area contributed by atoms with Gasteiger partial charge in [-0.25, -0.2) is 0 Å². The van der Waals surface area contributed by atoms with E-state index in [1.165, 1.54) is 27.6 Å². The lowest BCUT2D eigenvalue weighted by atomic mass is 9.98. The normalized spacial score (nSPS) is 10.3. The van der Waals surface area contributed by atoms with Crippen molar-refractivity contribution in [3.63, 3.8) is 0 Å². The van der Waals surface area contributed by atoms with Gasteiger partial charge in [-0.15, -0.1) is 0 Å². The molecule has 0 aliphatic heterocycles. The zero-order valence-corrected chi connectivity index (χ0v) is 15.5. The zero-order chi connectivity index (χ0) is 18.6. The first-order valence-corrected chi connectivity index (χ1v) is 8.99. The first kappa shape index (κ1) is 16.9. The molecule has 0 heterocycles. The minimum absolute atomic E-state index is 1.00. The highest BCUT2D eigenvalue weighted by molar-refractivity contribution is 5.98. The van der Waals surface area contributed by atoms with Gasteiger partial charge in [-0.3, -0.25) is 0 Å². The van der Waals surface area contributed by atoms with Crippen LogP contribution >= 0.6 is 0 Å². The number of nitrogens with zero attached hydrogens (tertiary/aromatic N) is 1. The molecule has 0 aliphatic carbocycles. The SMILES string of the molecule is CN(C)c1cc(-c2ccccc2)cc2cc(C#Cc3cc[c]cc3)ccc12. The Balaban J connectivity index is 1.83. The second kappa shape index (κ2) is 7.40. The van der Waals surface area contributed by atoms with Crippen molar-refractivity contribution in [2.24, 2.45) is 0 Å². The Bertz CT molecular complexity index is 1130. The Morgan fingerprint density at radius 3 is 2.19 bits per heavy atom. The van der Waals surface area contributed by atoms with Crippen LogP contribution < -0.4 is 4.90 Å². The standard InChI is InChI=1S/C26H20N/c1-27(2)26-19-23(22-11-7-4-8-12-22)18-24-17-21(15-16-25(24)26)14-13-20-9-5-3-6-10-20/h4-12,15-19H,1-2H3.